The van der Waals surface area contributed by atoms with E-state index in [2.05, 4.69) is 13.5 Å². The number of ether oxygens (including phenoxy) is 1. The Morgan fingerprint density at radius 2 is 2.00 bits per heavy atom. The van der Waals surface area contributed by atoms with Crippen LogP contribution in [0.2, 0.25) is 0 Å². The summed E-state index contributed by atoms with van der Waals surface area (Å²) >= 11 is 0.347. The molecule has 0 atom stereocenters. The largest absolute Gasteiger partial charge is 0.472 e. The average Bonchev–Trinajstić information content (AvgIpc) is 3.01. The molecule has 0 radical (unpaired) electrons. The predicted molar refractivity (Wildman–Crippen MR) is 80.4 cm³/mol. The van der Waals surface area contributed by atoms with E-state index in [1.165, 1.54) is 6.08 Å². The summed E-state index contributed by atoms with van der Waals surface area (Å²) in [5.41, 5.74) is -0.265. The number of nitrogens with zero attached hydrogens (tertiary/aromatic N) is 3. The van der Waals surface area contributed by atoms with Gasteiger partial charge in [-0.05, 0) is 19.0 Å². The van der Waals surface area contributed by atoms with E-state index in [4.69, 9.17) is 4.11 Å². The first kappa shape index (κ1) is 15.9. The number of hydrogen-bond donors (Lipinski definition) is 0. The van der Waals surface area contributed by atoms with Crippen molar-refractivity contribution in [1.82, 2.24) is 13.6 Å². The molecular weight excluding hydrogens is 372 g/mol. The smallest absolute Gasteiger partial charge is 0.407 e. The summed E-state index contributed by atoms with van der Waals surface area (Å²) in [6.45, 7) is -1.40. The van der Waals surface area contributed by atoms with Gasteiger partial charge in [-0.3, -0.25) is 0 Å². The van der Waals surface area contributed by atoms with Gasteiger partial charge in [-0.1, -0.05) is 19.4 Å². The van der Waals surface area contributed by atoms with E-state index in [0.717, 1.165) is 11.8 Å². The third kappa shape index (κ3) is 3.91. The molecule has 142 valence electrons. The molecule has 0 aromatic carbocycles. The monoisotopic (exact) mass is 392 g/mol. The van der Waals surface area contributed by atoms with Gasteiger partial charge in [-0.2, -0.15) is 30.7 Å². The van der Waals surface area contributed by atoms with Crippen LogP contribution in [-0.2, 0) is 0 Å². The Hall–Kier alpha value is -1.36. The first-order valence-electron chi connectivity index (χ1n) is 8.82. The second-order valence-corrected chi connectivity index (χ2v) is 6.03. The number of hydrogen-bond acceptors (Lipinski definition) is 5. The minimum absolute atomic E-state index is 0.116. The van der Waals surface area contributed by atoms with E-state index in [0.29, 0.717) is 11.7 Å². The van der Waals surface area contributed by atoms with Crippen molar-refractivity contribution in [3.63, 3.8) is 0 Å². The summed E-state index contributed by atoms with van der Waals surface area (Å²) in [5, 5.41) is 0. The third-order valence-electron chi connectivity index (χ3n) is 3.53. The lowest BCUT2D eigenvalue weighted by atomic mass is 10.1. The van der Waals surface area contributed by atoms with Crippen molar-refractivity contribution in [3.05, 3.63) is 11.8 Å². The van der Waals surface area contributed by atoms with Crippen LogP contribution in [0.3, 0.4) is 0 Å². The molecule has 0 unspecified atom stereocenters. The van der Waals surface area contributed by atoms with Crippen molar-refractivity contribution in [3.8, 4) is 5.88 Å². The molecule has 0 amide bonds. The van der Waals surface area contributed by atoms with Gasteiger partial charge in [-0.15, -0.1) is 4.37 Å². The summed E-state index contributed by atoms with van der Waals surface area (Å²) in [6, 6.07) is 0. The second kappa shape index (κ2) is 7.10. The van der Waals surface area contributed by atoms with Crippen molar-refractivity contribution in [2.24, 2.45) is 0 Å². The lowest BCUT2D eigenvalue weighted by molar-refractivity contribution is -0.373. The summed E-state index contributed by atoms with van der Waals surface area (Å²) < 4.78 is 116. The number of alkyl halides is 6. The molecule has 2 heterocycles. The van der Waals surface area contributed by atoms with Crippen molar-refractivity contribution < 1.29 is 35.2 Å². The Kier molecular flexibility index (Phi) is 4.51. The molecular formula is C14H17F6N3OS. The number of rotatable bonds is 7. The van der Waals surface area contributed by atoms with Crippen LogP contribution >= 0.6 is 11.7 Å². The highest BCUT2D eigenvalue weighted by molar-refractivity contribution is 6.99. The fourth-order valence-corrected chi connectivity index (χ4v) is 2.74. The van der Waals surface area contributed by atoms with Gasteiger partial charge in [0.25, 0.3) is 5.88 Å². The molecule has 25 heavy (non-hydrogen) atoms. The van der Waals surface area contributed by atoms with Gasteiger partial charge < -0.3 is 9.64 Å². The highest BCUT2D eigenvalue weighted by Crippen LogP contribution is 2.48. The molecule has 1 aromatic heterocycles. The van der Waals surface area contributed by atoms with E-state index < -0.39 is 43.7 Å². The highest BCUT2D eigenvalue weighted by atomic mass is 32.1. The molecule has 0 N–H and O–H groups in total. The predicted octanol–water partition coefficient (Wildman–Crippen LogP) is 4.30. The van der Waals surface area contributed by atoms with Crippen LogP contribution in [0.5, 0.6) is 5.88 Å². The lowest BCUT2D eigenvalue weighted by Crippen LogP contribution is -2.57. The topological polar surface area (TPSA) is 38.2 Å². The van der Waals surface area contributed by atoms with Gasteiger partial charge >= 0.3 is 18.0 Å². The molecule has 1 aliphatic heterocycles. The van der Waals surface area contributed by atoms with Gasteiger partial charge in [0, 0.05) is 23.6 Å². The third-order valence-corrected chi connectivity index (χ3v) is 4.04. The molecule has 1 aliphatic rings. The van der Waals surface area contributed by atoms with Gasteiger partial charge in [-0.25, -0.2) is 0 Å². The van der Waals surface area contributed by atoms with E-state index in [1.54, 1.807) is 0 Å². The fraction of sp³-hybridized carbons (Fsp3) is 0.714. The van der Waals surface area contributed by atoms with Crippen LogP contribution in [0.1, 0.15) is 36.0 Å². The molecule has 0 aliphatic carbocycles. The first-order chi connectivity index (χ1) is 12.7. The van der Waals surface area contributed by atoms with Crippen LogP contribution in [0.25, 0.3) is 5.57 Å². The van der Waals surface area contributed by atoms with Gasteiger partial charge in [0.05, 0.1) is 11.7 Å². The van der Waals surface area contributed by atoms with E-state index in [9.17, 15) is 26.3 Å². The lowest BCUT2D eigenvalue weighted by Gasteiger charge is -2.31. The van der Waals surface area contributed by atoms with Crippen LogP contribution in [-0.4, -0.2) is 51.7 Å². The van der Waals surface area contributed by atoms with Crippen molar-refractivity contribution >= 4 is 17.3 Å². The fourth-order valence-electron chi connectivity index (χ4n) is 2.23. The minimum atomic E-state index is -5.79. The van der Waals surface area contributed by atoms with Crippen LogP contribution in [0.15, 0.2) is 6.08 Å². The number of halogens is 6. The number of likely N-dealkylation sites (N-methyl/N-ethyl adjacent to an activating group) is 1. The average molecular weight is 392 g/mol. The first-order valence-corrected chi connectivity index (χ1v) is 8.05. The molecule has 11 heteroatoms. The Morgan fingerprint density at radius 1 is 1.28 bits per heavy atom. The molecule has 0 saturated carbocycles. The maximum Gasteiger partial charge on any atom is 0.472 e. The van der Waals surface area contributed by atoms with Crippen LogP contribution in [0, 0.1) is 0 Å². The van der Waals surface area contributed by atoms with E-state index in [1.807, 2.05) is 0 Å². The molecule has 0 saturated heterocycles. The second-order valence-electron chi connectivity index (χ2n) is 5.51. The maximum atomic E-state index is 14.0. The van der Waals surface area contributed by atoms with Crippen molar-refractivity contribution in [2.45, 2.75) is 44.1 Å². The molecule has 1 aromatic rings. The van der Waals surface area contributed by atoms with Crippen LogP contribution < -0.4 is 4.74 Å². The summed E-state index contributed by atoms with van der Waals surface area (Å²) in [4.78, 5) is 1.05. The van der Waals surface area contributed by atoms with Gasteiger partial charge in [0.1, 0.15) is 5.69 Å². The van der Waals surface area contributed by atoms with Crippen LogP contribution in [0.4, 0.5) is 26.3 Å². The van der Waals surface area contributed by atoms with E-state index in [-0.39, 0.29) is 30.8 Å². The molecule has 2 rings (SSSR count). The van der Waals surface area contributed by atoms with Gasteiger partial charge in [0.15, 0.2) is 0 Å². The summed E-state index contributed by atoms with van der Waals surface area (Å²) in [5.74, 6) is -11.8. The SMILES string of the molecule is [2H]C([2H])([2H])N1CCC=C(c2nsnc2OC(F)(F)C(F)(F)C(F)(F)CCC)C1. The zero-order chi connectivity index (χ0) is 21.4. The zero-order valence-corrected chi connectivity index (χ0v) is 13.9. The zero-order valence-electron chi connectivity index (χ0n) is 16.0. The Morgan fingerprint density at radius 3 is 2.64 bits per heavy atom. The standard InChI is InChI=1S/C14H17F6N3OS/c1-3-6-12(15,16)13(17,18)14(19,20)24-11-10(21-25-22-11)9-5-4-7-23(2)8-9/h5H,3-4,6-8H2,1-2H3/i2D3. The molecule has 0 bridgehead atoms. The summed E-state index contributed by atoms with van der Waals surface area (Å²) in [7, 11) is 0. The van der Waals surface area contributed by atoms with Crippen molar-refractivity contribution in [1.29, 1.82) is 0 Å². The van der Waals surface area contributed by atoms with Crippen molar-refractivity contribution in [2.75, 3.05) is 20.1 Å². The maximum absolute atomic E-state index is 14.0. The molecule has 4 nitrogen and oxygen atoms in total. The molecule has 0 spiro atoms. The molecule has 0 fully saturated rings. The van der Waals surface area contributed by atoms with Gasteiger partial charge in [0.2, 0.25) is 0 Å². The Balaban J connectivity index is 2.28. The quantitative estimate of drug-likeness (QED) is 0.649. The van der Waals surface area contributed by atoms with E-state index >= 15 is 0 Å². The minimum Gasteiger partial charge on any atom is -0.407 e. The number of aromatic nitrogens is 2. The Labute approximate surface area is 149 Å². The summed E-state index contributed by atoms with van der Waals surface area (Å²) in [6.07, 6.45) is -5.76. The normalized spacial score (nSPS) is 19.8. The Bertz CT molecular complexity index is 725. The highest BCUT2D eigenvalue weighted by Gasteiger charge is 2.73.